The fourth-order valence-corrected chi connectivity index (χ4v) is 6.28. The Morgan fingerprint density at radius 1 is 1.11 bits per heavy atom. The van der Waals surface area contributed by atoms with Gasteiger partial charge in [0.1, 0.15) is 23.4 Å². The van der Waals surface area contributed by atoms with E-state index < -0.39 is 6.09 Å². The lowest BCUT2D eigenvalue weighted by Gasteiger charge is -2.42. The van der Waals surface area contributed by atoms with E-state index in [9.17, 15) is 9.59 Å². The molecule has 9 nitrogen and oxygen atoms in total. The normalized spacial score (nSPS) is 40.0. The molecular weight excluding hydrogens is 470 g/mol. The molecule has 2 saturated heterocycles. The van der Waals surface area contributed by atoms with E-state index in [1.165, 1.54) is 5.57 Å². The first-order valence-corrected chi connectivity index (χ1v) is 13.3. The van der Waals surface area contributed by atoms with Gasteiger partial charge in [-0.25, -0.2) is 4.79 Å². The molecule has 4 unspecified atom stereocenters. The van der Waals surface area contributed by atoms with Gasteiger partial charge < -0.3 is 29.6 Å². The number of epoxide rings is 2. The van der Waals surface area contributed by atoms with Gasteiger partial charge in [-0.3, -0.25) is 9.52 Å². The molecule has 4 rings (SSSR count). The van der Waals surface area contributed by atoms with Crippen LogP contribution in [0, 0.1) is 5.92 Å². The summed E-state index contributed by atoms with van der Waals surface area (Å²) < 4.78 is 26.7. The molecule has 4 aliphatic rings. The van der Waals surface area contributed by atoms with Crippen molar-refractivity contribution in [3.8, 4) is 0 Å². The number of hydrogen-bond acceptors (Lipinski definition) is 8. The molecule has 1 spiro atoms. The fourth-order valence-electron chi connectivity index (χ4n) is 6.14. The zero-order chi connectivity index (χ0) is 25.2. The number of nitrogens with one attached hydrogen (secondary N) is 3. The number of rotatable bonds is 9. The van der Waals surface area contributed by atoms with Crippen molar-refractivity contribution in [2.24, 2.45) is 5.92 Å². The Morgan fingerprint density at radius 2 is 1.77 bits per heavy atom. The molecule has 35 heavy (non-hydrogen) atoms. The average molecular weight is 512 g/mol. The van der Waals surface area contributed by atoms with Crippen molar-refractivity contribution >= 4 is 24.8 Å². The Bertz CT molecular complexity index is 809. The van der Waals surface area contributed by atoms with Crippen LogP contribution < -0.4 is 15.4 Å². The predicted molar refractivity (Wildman–Crippen MR) is 134 cm³/mol. The van der Waals surface area contributed by atoms with E-state index >= 15 is 0 Å². The smallest absolute Gasteiger partial charge is 0.407 e. The summed E-state index contributed by atoms with van der Waals surface area (Å²) in [7, 11) is 1.68. The Balaban J connectivity index is 1.30. The van der Waals surface area contributed by atoms with Gasteiger partial charge in [-0.05, 0) is 65.7 Å². The van der Waals surface area contributed by atoms with Crippen LogP contribution in [0.5, 0.6) is 0 Å². The number of alkyl carbamates (subject to hydrolysis) is 1. The maximum absolute atomic E-state index is 12.8. The summed E-state index contributed by atoms with van der Waals surface area (Å²) in [6.07, 6.45) is 6.91. The lowest BCUT2D eigenvalue weighted by molar-refractivity contribution is -0.120. The molecular formula is C25H41N3O6S. The van der Waals surface area contributed by atoms with Crippen LogP contribution in [0.15, 0.2) is 11.6 Å². The van der Waals surface area contributed by atoms with Gasteiger partial charge in [-0.1, -0.05) is 24.5 Å². The molecule has 6 atom stereocenters. The van der Waals surface area contributed by atoms with Crippen LogP contribution in [0.4, 0.5) is 4.79 Å². The Morgan fingerprint density at radius 3 is 2.34 bits per heavy atom. The Hall–Kier alpha value is -1.33. The van der Waals surface area contributed by atoms with Crippen LogP contribution in [0.2, 0.25) is 0 Å². The summed E-state index contributed by atoms with van der Waals surface area (Å²) >= 11 is 3.86. The Kier molecular flexibility index (Phi) is 8.37. The first-order chi connectivity index (χ1) is 16.7. The summed E-state index contributed by atoms with van der Waals surface area (Å²) in [4.78, 5) is 24.6. The summed E-state index contributed by atoms with van der Waals surface area (Å²) in [5.41, 5.74) is 0.681. The van der Waals surface area contributed by atoms with E-state index in [0.29, 0.717) is 13.0 Å². The second kappa shape index (κ2) is 11.0. The number of thiol groups is 1. The largest absolute Gasteiger partial charge is 0.443 e. The number of ether oxygens (including phenoxy) is 4. The highest BCUT2D eigenvalue weighted by Gasteiger charge is 2.72. The first-order valence-electron chi connectivity index (χ1n) is 12.8. The molecule has 2 saturated carbocycles. The average Bonchev–Trinajstić information content (AvgIpc) is 3.72. The van der Waals surface area contributed by atoms with Gasteiger partial charge in [0, 0.05) is 19.2 Å². The van der Waals surface area contributed by atoms with Gasteiger partial charge in [0.25, 0.3) is 0 Å². The van der Waals surface area contributed by atoms with E-state index in [0.717, 1.165) is 38.5 Å². The van der Waals surface area contributed by atoms with Crippen molar-refractivity contribution in [2.75, 3.05) is 20.3 Å². The van der Waals surface area contributed by atoms with Gasteiger partial charge in [-0.15, -0.1) is 0 Å². The standard InChI is InChI=1S/C25H41N3O6S/c1-15(2)5-10-19-24(3,34-19)22-21(31-4)18(11-12-25(22)14-32-25)33-23(30)28-17-8-6-16(7-9-17)27-20(29)13-26-35/h5,16-19,21-22,26,35H,6-14H2,1-4H3,(H,27,29)(H,28,30)/t16-,17-,18?,19-,21?,22?,24-,25?/m1/s1. The third kappa shape index (κ3) is 6.15. The molecule has 2 amide bonds. The minimum Gasteiger partial charge on any atom is -0.443 e. The summed E-state index contributed by atoms with van der Waals surface area (Å²) in [5.74, 6) is -0.0602. The summed E-state index contributed by atoms with van der Waals surface area (Å²) in [6.45, 7) is 7.21. The first kappa shape index (κ1) is 26.7. The van der Waals surface area contributed by atoms with Crippen molar-refractivity contribution in [3.05, 3.63) is 11.6 Å². The van der Waals surface area contributed by atoms with E-state index in [4.69, 9.17) is 18.9 Å². The molecule has 4 fully saturated rings. The number of carbonyl (C=O) groups is 2. The third-order valence-electron chi connectivity index (χ3n) is 8.15. The highest BCUT2D eigenvalue weighted by molar-refractivity contribution is 7.78. The van der Waals surface area contributed by atoms with Gasteiger partial charge in [0.2, 0.25) is 5.91 Å². The minimum atomic E-state index is -0.404. The van der Waals surface area contributed by atoms with Crippen molar-refractivity contribution in [3.63, 3.8) is 0 Å². The molecule has 2 heterocycles. The fraction of sp³-hybridized carbons (Fsp3) is 0.840. The second-order valence-corrected chi connectivity index (χ2v) is 11.2. The van der Waals surface area contributed by atoms with Crippen molar-refractivity contribution in [2.45, 2.75) is 107 Å². The molecule has 10 heteroatoms. The van der Waals surface area contributed by atoms with Gasteiger partial charge in [-0.2, -0.15) is 0 Å². The van der Waals surface area contributed by atoms with Crippen LogP contribution in [0.25, 0.3) is 0 Å². The molecule has 0 aromatic rings. The quantitative estimate of drug-likeness (QED) is 0.214. The topological polar surface area (TPSA) is 114 Å². The molecule has 2 aliphatic heterocycles. The molecule has 3 N–H and O–H groups in total. The maximum atomic E-state index is 12.8. The van der Waals surface area contributed by atoms with Gasteiger partial charge in [0.05, 0.1) is 25.2 Å². The van der Waals surface area contributed by atoms with Gasteiger partial charge in [0.15, 0.2) is 0 Å². The second-order valence-electron chi connectivity index (χ2n) is 10.9. The molecule has 0 aromatic heterocycles. The minimum absolute atomic E-state index is 0.00732. The number of hydrogen-bond donors (Lipinski definition) is 4. The monoisotopic (exact) mass is 511 g/mol. The van der Waals surface area contributed by atoms with E-state index in [1.54, 1.807) is 7.11 Å². The predicted octanol–water partition coefficient (Wildman–Crippen LogP) is 2.65. The van der Waals surface area contributed by atoms with Crippen molar-refractivity contribution in [1.29, 1.82) is 0 Å². The molecule has 2 aliphatic carbocycles. The highest BCUT2D eigenvalue weighted by atomic mass is 32.1. The van der Waals surface area contributed by atoms with Crippen LogP contribution in [-0.2, 0) is 23.7 Å². The summed E-state index contributed by atoms with van der Waals surface area (Å²) in [6, 6.07) is 0.165. The zero-order valence-electron chi connectivity index (χ0n) is 21.3. The molecule has 198 valence electrons. The number of amides is 2. The third-order valence-corrected chi connectivity index (χ3v) is 8.31. The molecule has 0 bridgehead atoms. The number of carbonyl (C=O) groups excluding carboxylic acids is 2. The highest BCUT2D eigenvalue weighted by Crippen LogP contribution is 2.59. The van der Waals surface area contributed by atoms with E-state index in [2.05, 4.69) is 55.0 Å². The van der Waals surface area contributed by atoms with Crippen molar-refractivity contribution < 1.29 is 28.5 Å². The maximum Gasteiger partial charge on any atom is 0.407 e. The van der Waals surface area contributed by atoms with Gasteiger partial charge >= 0.3 is 6.09 Å². The lowest BCUT2D eigenvalue weighted by Crippen LogP contribution is -2.56. The van der Waals surface area contributed by atoms with Crippen molar-refractivity contribution in [1.82, 2.24) is 15.4 Å². The molecule has 0 radical (unpaired) electrons. The SMILES string of the molecule is COC1C(OC(=O)N[C@H]2CC[C@H](NC(=O)CNS)CC2)CCC2(CO2)C1[C@]1(C)O[C@@H]1CC=C(C)C. The summed E-state index contributed by atoms with van der Waals surface area (Å²) in [5, 5.41) is 6.02. The van der Waals surface area contributed by atoms with Crippen LogP contribution >= 0.6 is 12.8 Å². The van der Waals surface area contributed by atoms with E-state index in [1.807, 2.05) is 0 Å². The number of allylic oxidation sites excluding steroid dienone is 1. The lowest BCUT2D eigenvalue weighted by atomic mass is 9.68. The van der Waals surface area contributed by atoms with Crippen LogP contribution in [0.3, 0.4) is 0 Å². The zero-order valence-corrected chi connectivity index (χ0v) is 22.2. The van der Waals surface area contributed by atoms with Crippen LogP contribution in [0.1, 0.15) is 65.7 Å². The Labute approximate surface area is 214 Å². The number of methoxy groups -OCH3 is 1. The molecule has 0 aromatic carbocycles. The van der Waals surface area contributed by atoms with E-state index in [-0.39, 0.29) is 60.0 Å². The van der Waals surface area contributed by atoms with Crippen LogP contribution in [-0.4, -0.2) is 73.9 Å².